The zero-order valence-corrected chi connectivity index (χ0v) is 17.0. The number of aryl methyl sites for hydroxylation is 1. The fourth-order valence-corrected chi connectivity index (χ4v) is 4.32. The van der Waals surface area contributed by atoms with Crippen molar-refractivity contribution in [3.8, 4) is 11.5 Å². The fraction of sp³-hybridized carbons (Fsp3) is 0.333. The van der Waals surface area contributed by atoms with Crippen molar-refractivity contribution in [2.24, 2.45) is 0 Å². The van der Waals surface area contributed by atoms with Gasteiger partial charge < -0.3 is 14.4 Å². The van der Waals surface area contributed by atoms with E-state index in [1.807, 2.05) is 49.4 Å². The zero-order chi connectivity index (χ0) is 20.7. The summed E-state index contributed by atoms with van der Waals surface area (Å²) in [4.78, 5) is 30.4. The van der Waals surface area contributed by atoms with Crippen molar-refractivity contribution in [1.29, 1.82) is 0 Å². The number of benzene rings is 2. The number of piperidine rings is 1. The monoisotopic (exact) mass is 404 g/mol. The molecule has 1 fully saturated rings. The van der Waals surface area contributed by atoms with E-state index in [1.54, 1.807) is 0 Å². The lowest BCUT2D eigenvalue weighted by Crippen LogP contribution is -2.36. The van der Waals surface area contributed by atoms with Crippen LogP contribution in [0, 0.1) is 6.92 Å². The Hall–Kier alpha value is -3.28. The van der Waals surface area contributed by atoms with E-state index in [2.05, 4.69) is 4.90 Å². The largest absolute Gasteiger partial charge is 0.454 e. The van der Waals surface area contributed by atoms with Crippen LogP contribution >= 0.6 is 0 Å². The van der Waals surface area contributed by atoms with Crippen LogP contribution in [-0.2, 0) is 16.1 Å². The molecule has 0 N–H and O–H groups in total. The topological polar surface area (TPSA) is 59.1 Å². The van der Waals surface area contributed by atoms with Gasteiger partial charge in [-0.05, 0) is 49.4 Å². The average Bonchev–Trinajstić information content (AvgIpc) is 3.33. The van der Waals surface area contributed by atoms with E-state index < -0.39 is 0 Å². The van der Waals surface area contributed by atoms with E-state index >= 15 is 0 Å². The number of carbonyl (C=O) groups is 2. The molecule has 5 rings (SSSR count). The summed E-state index contributed by atoms with van der Waals surface area (Å²) < 4.78 is 10.8. The molecule has 30 heavy (non-hydrogen) atoms. The number of carbonyl (C=O) groups excluding carboxylic acids is 2. The van der Waals surface area contributed by atoms with E-state index in [4.69, 9.17) is 9.47 Å². The van der Waals surface area contributed by atoms with Gasteiger partial charge in [0.15, 0.2) is 11.5 Å². The Labute approximate surface area is 175 Å². The molecule has 0 bridgehead atoms. The number of imide groups is 1. The number of hydrogen-bond acceptors (Lipinski definition) is 5. The molecule has 2 amide bonds. The number of likely N-dealkylation sites (tertiary alicyclic amines) is 1. The minimum absolute atomic E-state index is 0.193. The van der Waals surface area contributed by atoms with Crippen molar-refractivity contribution in [3.63, 3.8) is 0 Å². The van der Waals surface area contributed by atoms with Crippen LogP contribution in [-0.4, -0.2) is 41.5 Å². The smallest absolute Gasteiger partial charge is 0.278 e. The number of rotatable bonds is 4. The van der Waals surface area contributed by atoms with Crippen LogP contribution in [0.3, 0.4) is 0 Å². The standard InChI is InChI=1S/C24H24N2O4/c1-16-5-8-18(9-6-16)21-22(25-11-3-2-4-12-25)24(28)26(23(21)27)14-17-7-10-19-20(13-17)30-15-29-19/h5-10,13H,2-4,11-12,14-15H2,1H3. The Morgan fingerprint density at radius 2 is 1.60 bits per heavy atom. The molecule has 3 heterocycles. The number of amides is 2. The second-order valence-electron chi connectivity index (χ2n) is 8.02. The quantitative estimate of drug-likeness (QED) is 0.730. The molecular weight excluding hydrogens is 380 g/mol. The first kappa shape index (κ1) is 18.7. The fourth-order valence-electron chi connectivity index (χ4n) is 4.32. The molecule has 2 aromatic rings. The Morgan fingerprint density at radius 1 is 0.867 bits per heavy atom. The highest BCUT2D eigenvalue weighted by molar-refractivity contribution is 6.35. The maximum atomic E-state index is 13.5. The van der Waals surface area contributed by atoms with Crippen LogP contribution in [0.5, 0.6) is 11.5 Å². The first-order valence-electron chi connectivity index (χ1n) is 10.4. The van der Waals surface area contributed by atoms with Gasteiger partial charge in [-0.3, -0.25) is 14.5 Å². The molecule has 6 heteroatoms. The van der Waals surface area contributed by atoms with Gasteiger partial charge in [0.2, 0.25) is 6.79 Å². The summed E-state index contributed by atoms with van der Waals surface area (Å²) >= 11 is 0. The highest BCUT2D eigenvalue weighted by Gasteiger charge is 2.41. The zero-order valence-electron chi connectivity index (χ0n) is 17.0. The molecule has 154 valence electrons. The molecule has 1 saturated heterocycles. The van der Waals surface area contributed by atoms with Crippen molar-refractivity contribution in [1.82, 2.24) is 9.80 Å². The molecule has 0 spiro atoms. The van der Waals surface area contributed by atoms with Crippen LogP contribution < -0.4 is 9.47 Å². The number of hydrogen-bond donors (Lipinski definition) is 0. The van der Waals surface area contributed by atoms with Crippen molar-refractivity contribution in [2.75, 3.05) is 19.9 Å². The van der Waals surface area contributed by atoms with Gasteiger partial charge in [-0.25, -0.2) is 0 Å². The molecule has 0 aromatic heterocycles. The Kier molecular flexibility index (Phi) is 4.69. The van der Waals surface area contributed by atoms with Crippen LogP contribution in [0.15, 0.2) is 48.2 Å². The third-order valence-electron chi connectivity index (χ3n) is 5.93. The summed E-state index contributed by atoms with van der Waals surface area (Å²) in [5.41, 5.74) is 3.82. The van der Waals surface area contributed by atoms with Gasteiger partial charge in [-0.1, -0.05) is 35.9 Å². The number of fused-ring (bicyclic) bond motifs is 1. The van der Waals surface area contributed by atoms with E-state index in [9.17, 15) is 9.59 Å². The number of nitrogens with zero attached hydrogens (tertiary/aromatic N) is 2. The maximum absolute atomic E-state index is 13.5. The molecule has 2 aromatic carbocycles. The van der Waals surface area contributed by atoms with E-state index in [1.165, 1.54) is 4.90 Å². The Balaban J connectivity index is 1.50. The highest BCUT2D eigenvalue weighted by Crippen LogP contribution is 2.36. The third-order valence-corrected chi connectivity index (χ3v) is 5.93. The van der Waals surface area contributed by atoms with Gasteiger partial charge in [-0.15, -0.1) is 0 Å². The molecule has 3 aliphatic rings. The minimum Gasteiger partial charge on any atom is -0.454 e. The Morgan fingerprint density at radius 3 is 2.37 bits per heavy atom. The molecule has 0 radical (unpaired) electrons. The molecule has 0 unspecified atom stereocenters. The summed E-state index contributed by atoms with van der Waals surface area (Å²) in [6.07, 6.45) is 3.23. The molecule has 6 nitrogen and oxygen atoms in total. The van der Waals surface area contributed by atoms with E-state index in [0.29, 0.717) is 22.8 Å². The first-order chi connectivity index (χ1) is 14.6. The van der Waals surface area contributed by atoms with Gasteiger partial charge in [0.25, 0.3) is 11.8 Å². The normalized spacial score (nSPS) is 18.6. The van der Waals surface area contributed by atoms with Crippen molar-refractivity contribution >= 4 is 17.4 Å². The molecule has 0 aliphatic carbocycles. The average molecular weight is 404 g/mol. The van der Waals surface area contributed by atoms with Crippen molar-refractivity contribution < 1.29 is 19.1 Å². The van der Waals surface area contributed by atoms with Gasteiger partial charge in [0.05, 0.1) is 12.1 Å². The minimum atomic E-state index is -0.234. The second kappa shape index (κ2) is 7.52. The van der Waals surface area contributed by atoms with Gasteiger partial charge in [-0.2, -0.15) is 0 Å². The predicted molar refractivity (Wildman–Crippen MR) is 112 cm³/mol. The highest BCUT2D eigenvalue weighted by atomic mass is 16.7. The molecule has 3 aliphatic heterocycles. The van der Waals surface area contributed by atoms with Crippen LogP contribution in [0.2, 0.25) is 0 Å². The van der Waals surface area contributed by atoms with Gasteiger partial charge >= 0.3 is 0 Å². The Bertz CT molecular complexity index is 1040. The summed E-state index contributed by atoms with van der Waals surface area (Å²) in [7, 11) is 0. The van der Waals surface area contributed by atoms with E-state index in [-0.39, 0.29) is 25.2 Å². The van der Waals surface area contributed by atoms with Gasteiger partial charge in [0, 0.05) is 13.1 Å². The van der Waals surface area contributed by atoms with Crippen LogP contribution in [0.4, 0.5) is 0 Å². The van der Waals surface area contributed by atoms with Gasteiger partial charge in [0.1, 0.15) is 5.70 Å². The molecule has 0 atom stereocenters. The predicted octanol–water partition coefficient (Wildman–Crippen LogP) is 3.49. The summed E-state index contributed by atoms with van der Waals surface area (Å²) in [6, 6.07) is 13.4. The van der Waals surface area contributed by atoms with Crippen molar-refractivity contribution in [3.05, 3.63) is 64.9 Å². The third kappa shape index (κ3) is 3.22. The maximum Gasteiger partial charge on any atom is 0.278 e. The lowest BCUT2D eigenvalue weighted by Gasteiger charge is -2.29. The second-order valence-corrected chi connectivity index (χ2v) is 8.02. The molecule has 0 saturated carbocycles. The van der Waals surface area contributed by atoms with Crippen LogP contribution in [0.1, 0.15) is 36.0 Å². The number of ether oxygens (including phenoxy) is 2. The van der Waals surface area contributed by atoms with E-state index in [0.717, 1.165) is 49.0 Å². The lowest BCUT2D eigenvalue weighted by atomic mass is 10.0. The SMILES string of the molecule is Cc1ccc(C2=C(N3CCCCC3)C(=O)N(Cc3ccc4c(c3)OCO4)C2=O)cc1. The summed E-state index contributed by atoms with van der Waals surface area (Å²) in [5.74, 6) is 0.886. The summed E-state index contributed by atoms with van der Waals surface area (Å²) in [5, 5.41) is 0. The summed E-state index contributed by atoms with van der Waals surface area (Å²) in [6.45, 7) is 4.03. The van der Waals surface area contributed by atoms with Crippen molar-refractivity contribution in [2.45, 2.75) is 32.7 Å². The van der Waals surface area contributed by atoms with Crippen LogP contribution in [0.25, 0.3) is 5.57 Å². The first-order valence-corrected chi connectivity index (χ1v) is 10.4. The molecular formula is C24H24N2O4. The lowest BCUT2D eigenvalue weighted by molar-refractivity contribution is -0.138.